The van der Waals surface area contributed by atoms with Crippen LogP contribution in [0.1, 0.15) is 12.0 Å². The Morgan fingerprint density at radius 2 is 1.95 bits per heavy atom. The van der Waals surface area contributed by atoms with Gasteiger partial charge >= 0.3 is 6.18 Å². The van der Waals surface area contributed by atoms with Crippen LogP contribution in [0.2, 0.25) is 0 Å². The van der Waals surface area contributed by atoms with Crippen molar-refractivity contribution < 1.29 is 27.0 Å². The summed E-state index contributed by atoms with van der Waals surface area (Å²) in [5.74, 6) is -1.00. The standard InChI is InChI=1S/C12H14F4N2O2/c13-9-6-8(11(17)18)2-3-10(9)20-5-1-4-19-7-12(14,15)16/h2-3,6H,1,4-5,7H2,(H3,17,18). The summed E-state index contributed by atoms with van der Waals surface area (Å²) in [5, 5.41) is 7.13. The van der Waals surface area contributed by atoms with Crippen molar-refractivity contribution in [2.45, 2.75) is 12.6 Å². The lowest BCUT2D eigenvalue weighted by atomic mass is 10.2. The van der Waals surface area contributed by atoms with Crippen LogP contribution in [-0.4, -0.2) is 31.8 Å². The molecular weight excluding hydrogens is 280 g/mol. The molecule has 0 saturated carbocycles. The van der Waals surface area contributed by atoms with Gasteiger partial charge in [0.25, 0.3) is 0 Å². The lowest BCUT2D eigenvalue weighted by Crippen LogP contribution is -2.18. The number of nitrogens with one attached hydrogen (secondary N) is 1. The molecule has 0 aromatic heterocycles. The highest BCUT2D eigenvalue weighted by Gasteiger charge is 2.27. The average molecular weight is 294 g/mol. The largest absolute Gasteiger partial charge is 0.490 e. The van der Waals surface area contributed by atoms with Gasteiger partial charge in [0.2, 0.25) is 0 Å². The third-order valence-electron chi connectivity index (χ3n) is 2.20. The molecule has 20 heavy (non-hydrogen) atoms. The first-order chi connectivity index (χ1) is 9.29. The van der Waals surface area contributed by atoms with Gasteiger partial charge in [0.15, 0.2) is 11.6 Å². The normalized spacial score (nSPS) is 11.4. The molecule has 0 radical (unpaired) electrons. The first kappa shape index (κ1) is 16.2. The van der Waals surface area contributed by atoms with E-state index in [9.17, 15) is 17.6 Å². The highest BCUT2D eigenvalue weighted by molar-refractivity contribution is 5.95. The van der Waals surface area contributed by atoms with Gasteiger partial charge < -0.3 is 15.2 Å². The van der Waals surface area contributed by atoms with Gasteiger partial charge in [-0.15, -0.1) is 0 Å². The van der Waals surface area contributed by atoms with Crippen LogP contribution in [0.3, 0.4) is 0 Å². The van der Waals surface area contributed by atoms with Crippen molar-refractivity contribution in [2.24, 2.45) is 5.73 Å². The number of benzene rings is 1. The minimum absolute atomic E-state index is 0.0220. The second kappa shape index (κ2) is 7.09. The number of alkyl halides is 3. The topological polar surface area (TPSA) is 68.3 Å². The lowest BCUT2D eigenvalue weighted by molar-refractivity contribution is -0.174. The Hall–Kier alpha value is -1.83. The maximum atomic E-state index is 13.5. The lowest BCUT2D eigenvalue weighted by Gasteiger charge is -2.09. The molecule has 0 aliphatic carbocycles. The Morgan fingerprint density at radius 3 is 2.50 bits per heavy atom. The molecule has 0 bridgehead atoms. The van der Waals surface area contributed by atoms with Crippen molar-refractivity contribution in [2.75, 3.05) is 19.8 Å². The second-order valence-electron chi connectivity index (χ2n) is 3.93. The molecule has 0 fully saturated rings. The summed E-state index contributed by atoms with van der Waals surface area (Å²) in [7, 11) is 0. The molecule has 0 aliphatic heterocycles. The summed E-state index contributed by atoms with van der Waals surface area (Å²) in [6.07, 6.45) is -4.15. The first-order valence-corrected chi connectivity index (χ1v) is 5.71. The molecule has 1 aromatic carbocycles. The zero-order valence-corrected chi connectivity index (χ0v) is 10.5. The second-order valence-corrected chi connectivity index (χ2v) is 3.93. The zero-order chi connectivity index (χ0) is 15.2. The molecule has 4 nitrogen and oxygen atoms in total. The van der Waals surface area contributed by atoms with E-state index in [1.165, 1.54) is 12.1 Å². The highest BCUT2D eigenvalue weighted by atomic mass is 19.4. The Balaban J connectivity index is 2.31. The van der Waals surface area contributed by atoms with Gasteiger partial charge in [-0.1, -0.05) is 0 Å². The molecule has 1 aromatic rings. The van der Waals surface area contributed by atoms with Crippen molar-refractivity contribution in [1.29, 1.82) is 5.41 Å². The van der Waals surface area contributed by atoms with E-state index in [-0.39, 0.29) is 36.8 Å². The minimum atomic E-state index is -4.35. The molecule has 8 heteroatoms. The molecule has 0 unspecified atom stereocenters. The molecule has 0 aliphatic rings. The van der Waals surface area contributed by atoms with Crippen LogP contribution in [0.15, 0.2) is 18.2 Å². The fraction of sp³-hybridized carbons (Fsp3) is 0.417. The van der Waals surface area contributed by atoms with E-state index in [4.69, 9.17) is 15.9 Å². The molecule has 0 amide bonds. The number of rotatable bonds is 7. The molecule has 0 spiro atoms. The van der Waals surface area contributed by atoms with Crippen LogP contribution in [0.4, 0.5) is 17.6 Å². The summed E-state index contributed by atoms with van der Waals surface area (Å²) in [6.45, 7) is -1.42. The predicted octanol–water partition coefficient (Wildman–Crippen LogP) is 2.46. The van der Waals surface area contributed by atoms with Crippen LogP contribution in [0.25, 0.3) is 0 Å². The highest BCUT2D eigenvalue weighted by Crippen LogP contribution is 2.18. The monoisotopic (exact) mass is 294 g/mol. The van der Waals surface area contributed by atoms with Gasteiger partial charge in [0.1, 0.15) is 12.4 Å². The molecule has 112 valence electrons. The number of hydrogen-bond donors (Lipinski definition) is 2. The van der Waals surface area contributed by atoms with Gasteiger partial charge in [-0.25, -0.2) is 4.39 Å². The summed E-state index contributed by atoms with van der Waals surface area (Å²) in [6, 6.07) is 3.78. The van der Waals surface area contributed by atoms with E-state index in [1.807, 2.05) is 0 Å². The van der Waals surface area contributed by atoms with E-state index >= 15 is 0 Å². The molecule has 3 N–H and O–H groups in total. The number of amidine groups is 1. The fourth-order valence-electron chi connectivity index (χ4n) is 1.32. The van der Waals surface area contributed by atoms with Gasteiger partial charge in [0.05, 0.1) is 13.2 Å². The van der Waals surface area contributed by atoms with E-state index in [0.29, 0.717) is 0 Å². The molecule has 0 saturated heterocycles. The van der Waals surface area contributed by atoms with Crippen molar-refractivity contribution in [3.63, 3.8) is 0 Å². The smallest absolute Gasteiger partial charge is 0.411 e. The Labute approximate surface area is 113 Å². The van der Waals surface area contributed by atoms with Crippen molar-refractivity contribution in [3.05, 3.63) is 29.6 Å². The number of halogens is 4. The summed E-state index contributed by atoms with van der Waals surface area (Å²) < 4.78 is 58.2. The number of hydrogen-bond acceptors (Lipinski definition) is 3. The van der Waals surface area contributed by atoms with Gasteiger partial charge in [-0.3, -0.25) is 5.41 Å². The van der Waals surface area contributed by atoms with Crippen LogP contribution in [-0.2, 0) is 4.74 Å². The molecule has 0 atom stereocenters. The Kier molecular flexibility index (Phi) is 5.75. The SMILES string of the molecule is N=C(N)c1ccc(OCCCOCC(F)(F)F)c(F)c1. The Bertz CT molecular complexity index is 463. The summed E-state index contributed by atoms with van der Waals surface area (Å²) >= 11 is 0. The van der Waals surface area contributed by atoms with Crippen molar-refractivity contribution in [3.8, 4) is 5.75 Å². The average Bonchev–Trinajstić information content (AvgIpc) is 2.33. The quantitative estimate of drug-likeness (QED) is 0.351. The summed E-state index contributed by atoms with van der Waals surface area (Å²) in [5.41, 5.74) is 5.42. The van der Waals surface area contributed by atoms with Crippen LogP contribution in [0.5, 0.6) is 5.75 Å². The fourth-order valence-corrected chi connectivity index (χ4v) is 1.32. The molecule has 0 heterocycles. The number of nitrogen functional groups attached to an aromatic ring is 1. The third kappa shape index (κ3) is 5.87. The van der Waals surface area contributed by atoms with Gasteiger partial charge in [0, 0.05) is 12.0 Å². The molecular formula is C12H14F4N2O2. The predicted molar refractivity (Wildman–Crippen MR) is 64.4 cm³/mol. The summed E-state index contributed by atoms with van der Waals surface area (Å²) in [4.78, 5) is 0. The van der Waals surface area contributed by atoms with E-state index in [0.717, 1.165) is 6.07 Å². The van der Waals surface area contributed by atoms with E-state index < -0.39 is 18.6 Å². The zero-order valence-electron chi connectivity index (χ0n) is 10.5. The molecule has 1 rings (SSSR count). The van der Waals surface area contributed by atoms with Crippen LogP contribution in [0, 0.1) is 11.2 Å². The van der Waals surface area contributed by atoms with Crippen molar-refractivity contribution in [1.82, 2.24) is 0 Å². The van der Waals surface area contributed by atoms with Gasteiger partial charge in [-0.05, 0) is 18.2 Å². The van der Waals surface area contributed by atoms with Crippen LogP contribution < -0.4 is 10.5 Å². The maximum Gasteiger partial charge on any atom is 0.411 e. The number of ether oxygens (including phenoxy) is 2. The van der Waals surface area contributed by atoms with E-state index in [1.54, 1.807) is 0 Å². The van der Waals surface area contributed by atoms with Crippen LogP contribution >= 0.6 is 0 Å². The maximum absolute atomic E-state index is 13.5. The van der Waals surface area contributed by atoms with E-state index in [2.05, 4.69) is 4.74 Å². The van der Waals surface area contributed by atoms with Crippen molar-refractivity contribution >= 4 is 5.84 Å². The van der Waals surface area contributed by atoms with Gasteiger partial charge in [-0.2, -0.15) is 13.2 Å². The first-order valence-electron chi connectivity index (χ1n) is 5.71. The Morgan fingerprint density at radius 1 is 1.25 bits per heavy atom. The number of nitrogens with two attached hydrogens (primary N) is 1. The third-order valence-corrected chi connectivity index (χ3v) is 2.20. The minimum Gasteiger partial charge on any atom is -0.490 e.